The maximum absolute atomic E-state index is 3.79. The van der Waals surface area contributed by atoms with Crippen LogP contribution in [0.5, 0.6) is 0 Å². The molecule has 0 nitrogen and oxygen atoms in total. The molecule has 0 saturated heterocycles. The predicted octanol–water partition coefficient (Wildman–Crippen LogP) is 3.62. The fourth-order valence-corrected chi connectivity index (χ4v) is 1.51. The van der Waals surface area contributed by atoms with Crippen LogP contribution in [0, 0.1) is 5.41 Å². The Morgan fingerprint density at radius 2 is 2.08 bits per heavy atom. The van der Waals surface area contributed by atoms with E-state index in [0.717, 1.165) is 6.42 Å². The van der Waals surface area contributed by atoms with Crippen molar-refractivity contribution in [2.24, 2.45) is 5.41 Å². The molecule has 12 heavy (non-hydrogen) atoms. The lowest BCUT2D eigenvalue weighted by atomic mass is 10.0. The second-order valence-electron chi connectivity index (χ2n) is 4.04. The fourth-order valence-electron chi connectivity index (χ4n) is 1.51. The summed E-state index contributed by atoms with van der Waals surface area (Å²) in [6, 6.07) is 0. The lowest BCUT2D eigenvalue weighted by Crippen LogP contribution is -1.90. The molecule has 2 aliphatic rings. The molecule has 0 N–H and O–H groups in total. The van der Waals surface area contributed by atoms with Gasteiger partial charge < -0.3 is 0 Å². The Bertz CT molecular complexity index is 233. The minimum absolute atomic E-state index is 0.522. The minimum atomic E-state index is 0.522. The van der Waals surface area contributed by atoms with Gasteiger partial charge in [0.1, 0.15) is 0 Å². The molecule has 2 fully saturated rings. The maximum Gasteiger partial charge on any atom is -0.00801 e. The standard InChI is InChI=1S/C12H16/c1-2-7-12(9-10-12)8-3-4-11-5-6-11/h2-4,8H,1,5-7,9-10H2/b8-3-. The summed E-state index contributed by atoms with van der Waals surface area (Å²) in [6.07, 6.45) is 15.5. The van der Waals surface area contributed by atoms with E-state index in [2.05, 4.69) is 24.8 Å². The maximum atomic E-state index is 3.79. The van der Waals surface area contributed by atoms with Crippen LogP contribution in [0.1, 0.15) is 32.1 Å². The Labute approximate surface area is 74.7 Å². The molecule has 0 aromatic rings. The van der Waals surface area contributed by atoms with E-state index in [0.29, 0.717) is 5.41 Å². The molecule has 2 rings (SSSR count). The Hall–Kier alpha value is -0.780. The van der Waals surface area contributed by atoms with Crippen molar-refractivity contribution in [2.75, 3.05) is 0 Å². The van der Waals surface area contributed by atoms with Gasteiger partial charge in [-0.2, -0.15) is 0 Å². The molecule has 0 unspecified atom stereocenters. The van der Waals surface area contributed by atoms with E-state index in [4.69, 9.17) is 0 Å². The van der Waals surface area contributed by atoms with Gasteiger partial charge in [-0.3, -0.25) is 0 Å². The monoisotopic (exact) mass is 160 g/mol. The highest BCUT2D eigenvalue weighted by Crippen LogP contribution is 2.50. The van der Waals surface area contributed by atoms with Gasteiger partial charge in [-0.15, -0.1) is 6.58 Å². The normalized spacial score (nSPS) is 24.2. The van der Waals surface area contributed by atoms with Crippen molar-refractivity contribution in [1.29, 1.82) is 0 Å². The van der Waals surface area contributed by atoms with E-state index >= 15 is 0 Å². The zero-order valence-corrected chi connectivity index (χ0v) is 7.55. The molecule has 0 heterocycles. The van der Waals surface area contributed by atoms with Gasteiger partial charge in [0.15, 0.2) is 0 Å². The number of rotatable bonds is 4. The first-order valence-electron chi connectivity index (χ1n) is 4.83. The molecule has 0 aromatic heterocycles. The molecular weight excluding hydrogens is 144 g/mol. The van der Waals surface area contributed by atoms with E-state index in [1.807, 2.05) is 6.08 Å². The van der Waals surface area contributed by atoms with Gasteiger partial charge >= 0.3 is 0 Å². The third-order valence-electron chi connectivity index (χ3n) is 2.76. The predicted molar refractivity (Wildman–Crippen MR) is 52.9 cm³/mol. The summed E-state index contributed by atoms with van der Waals surface area (Å²) in [5.41, 5.74) is 2.13. The quantitative estimate of drug-likeness (QED) is 0.551. The Morgan fingerprint density at radius 1 is 1.33 bits per heavy atom. The minimum Gasteiger partial charge on any atom is -0.103 e. The molecule has 0 aromatic carbocycles. The van der Waals surface area contributed by atoms with Crippen LogP contribution in [-0.4, -0.2) is 0 Å². The van der Waals surface area contributed by atoms with Crippen molar-refractivity contribution in [3.05, 3.63) is 36.5 Å². The number of allylic oxidation sites excluding steroid dienone is 5. The SMILES string of the molecule is C=CCC1(/C=C\C=C2CC2)CC1. The van der Waals surface area contributed by atoms with Crippen LogP contribution in [0.2, 0.25) is 0 Å². The summed E-state index contributed by atoms with van der Waals surface area (Å²) in [7, 11) is 0. The Morgan fingerprint density at radius 3 is 2.58 bits per heavy atom. The zero-order chi connectivity index (χ0) is 8.44. The highest BCUT2D eigenvalue weighted by Gasteiger charge is 2.38. The van der Waals surface area contributed by atoms with Crippen LogP contribution in [0.15, 0.2) is 36.5 Å². The van der Waals surface area contributed by atoms with E-state index in [9.17, 15) is 0 Å². The van der Waals surface area contributed by atoms with Crippen LogP contribution in [-0.2, 0) is 0 Å². The fraction of sp³-hybridized carbons (Fsp3) is 0.500. The van der Waals surface area contributed by atoms with Gasteiger partial charge in [0.2, 0.25) is 0 Å². The first kappa shape index (κ1) is 7.85. The lowest BCUT2D eigenvalue weighted by Gasteiger charge is -2.03. The highest BCUT2D eigenvalue weighted by molar-refractivity contribution is 5.25. The van der Waals surface area contributed by atoms with Crippen LogP contribution < -0.4 is 0 Å². The summed E-state index contributed by atoms with van der Waals surface area (Å²) >= 11 is 0. The van der Waals surface area contributed by atoms with Crippen molar-refractivity contribution in [1.82, 2.24) is 0 Å². The van der Waals surface area contributed by atoms with Crippen molar-refractivity contribution >= 4 is 0 Å². The molecule has 0 atom stereocenters. The molecular formula is C12H16. The van der Waals surface area contributed by atoms with Crippen LogP contribution in [0.25, 0.3) is 0 Å². The van der Waals surface area contributed by atoms with Gasteiger partial charge in [-0.1, -0.05) is 29.9 Å². The summed E-state index contributed by atoms with van der Waals surface area (Å²) in [5, 5.41) is 0. The first-order chi connectivity index (χ1) is 5.85. The third-order valence-corrected chi connectivity index (χ3v) is 2.76. The highest BCUT2D eigenvalue weighted by atomic mass is 14.4. The summed E-state index contributed by atoms with van der Waals surface area (Å²) in [6.45, 7) is 3.79. The van der Waals surface area contributed by atoms with Gasteiger partial charge in [0, 0.05) is 0 Å². The van der Waals surface area contributed by atoms with Crippen LogP contribution >= 0.6 is 0 Å². The van der Waals surface area contributed by atoms with E-state index in [1.54, 1.807) is 5.57 Å². The molecule has 2 saturated carbocycles. The molecule has 0 amide bonds. The Kier molecular flexibility index (Phi) is 1.92. The second-order valence-corrected chi connectivity index (χ2v) is 4.04. The average molecular weight is 160 g/mol. The van der Waals surface area contributed by atoms with Crippen molar-refractivity contribution < 1.29 is 0 Å². The van der Waals surface area contributed by atoms with Crippen molar-refractivity contribution in [2.45, 2.75) is 32.1 Å². The molecule has 0 heteroatoms. The number of hydrogen-bond donors (Lipinski definition) is 0. The summed E-state index contributed by atoms with van der Waals surface area (Å²) in [4.78, 5) is 0. The summed E-state index contributed by atoms with van der Waals surface area (Å²) in [5.74, 6) is 0. The van der Waals surface area contributed by atoms with E-state index in [-0.39, 0.29) is 0 Å². The van der Waals surface area contributed by atoms with Gasteiger partial charge in [-0.25, -0.2) is 0 Å². The molecule has 0 radical (unpaired) electrons. The molecule has 2 aliphatic carbocycles. The topological polar surface area (TPSA) is 0 Å². The second kappa shape index (κ2) is 2.93. The average Bonchev–Trinajstić information content (AvgIpc) is 2.87. The third kappa shape index (κ3) is 1.88. The zero-order valence-electron chi connectivity index (χ0n) is 7.55. The van der Waals surface area contributed by atoms with Gasteiger partial charge in [0.05, 0.1) is 0 Å². The molecule has 0 aliphatic heterocycles. The lowest BCUT2D eigenvalue weighted by molar-refractivity contribution is 0.667. The van der Waals surface area contributed by atoms with Crippen LogP contribution in [0.3, 0.4) is 0 Å². The number of hydrogen-bond acceptors (Lipinski definition) is 0. The molecule has 64 valence electrons. The smallest absolute Gasteiger partial charge is 0.00801 e. The summed E-state index contributed by atoms with van der Waals surface area (Å²) < 4.78 is 0. The van der Waals surface area contributed by atoms with Crippen molar-refractivity contribution in [3.8, 4) is 0 Å². The first-order valence-corrected chi connectivity index (χ1v) is 4.83. The van der Waals surface area contributed by atoms with E-state index in [1.165, 1.54) is 25.7 Å². The molecule has 0 bridgehead atoms. The Balaban J connectivity index is 1.87. The van der Waals surface area contributed by atoms with Gasteiger partial charge in [0.25, 0.3) is 0 Å². The van der Waals surface area contributed by atoms with Crippen molar-refractivity contribution in [3.63, 3.8) is 0 Å². The molecule has 0 spiro atoms. The van der Waals surface area contributed by atoms with Crippen LogP contribution in [0.4, 0.5) is 0 Å². The van der Waals surface area contributed by atoms with E-state index < -0.39 is 0 Å². The van der Waals surface area contributed by atoms with Gasteiger partial charge in [-0.05, 0) is 37.5 Å². The largest absolute Gasteiger partial charge is 0.103 e.